The molecule has 9 heteroatoms. The van der Waals surface area contributed by atoms with Crippen LogP contribution in [-0.4, -0.2) is 51.2 Å². The van der Waals surface area contributed by atoms with Crippen LogP contribution >= 0.6 is 0 Å². The van der Waals surface area contributed by atoms with Crippen LogP contribution in [0, 0.1) is 0 Å². The first-order valence-corrected chi connectivity index (χ1v) is 9.02. The van der Waals surface area contributed by atoms with Gasteiger partial charge in [-0.25, -0.2) is 4.79 Å². The van der Waals surface area contributed by atoms with Crippen molar-refractivity contribution < 1.29 is 14.4 Å². The number of oxime groups is 1. The molecule has 28 heavy (non-hydrogen) atoms. The lowest BCUT2D eigenvalue weighted by molar-refractivity contribution is -0.110. The molecule has 0 bridgehead atoms. The number of urea groups is 1. The molecule has 4 rings (SSSR count). The number of hydrogen-bond donors (Lipinski definition) is 2. The summed E-state index contributed by atoms with van der Waals surface area (Å²) in [6, 6.07) is 7.05. The summed E-state index contributed by atoms with van der Waals surface area (Å²) in [6.07, 6.45) is 7.59. The van der Waals surface area contributed by atoms with Crippen molar-refractivity contribution >= 4 is 23.3 Å². The topological polar surface area (TPSA) is 109 Å². The van der Waals surface area contributed by atoms with E-state index in [2.05, 4.69) is 25.8 Å². The van der Waals surface area contributed by atoms with E-state index in [-0.39, 0.29) is 11.9 Å². The van der Waals surface area contributed by atoms with E-state index in [9.17, 15) is 9.59 Å². The van der Waals surface area contributed by atoms with Crippen LogP contribution in [0.5, 0.6) is 0 Å². The molecule has 2 N–H and O–H groups in total. The quantitative estimate of drug-likeness (QED) is 0.836. The molecule has 0 radical (unpaired) electrons. The molecule has 2 aromatic rings. The van der Waals surface area contributed by atoms with E-state index in [4.69, 9.17) is 4.84 Å². The third-order valence-corrected chi connectivity index (χ3v) is 4.79. The molecule has 144 valence electrons. The second-order valence-electron chi connectivity index (χ2n) is 6.88. The summed E-state index contributed by atoms with van der Waals surface area (Å²) in [4.78, 5) is 40.1. The zero-order valence-corrected chi connectivity index (χ0v) is 15.2. The highest BCUT2D eigenvalue weighted by molar-refractivity contribution is 6.43. The van der Waals surface area contributed by atoms with E-state index in [1.54, 1.807) is 41.8 Å². The summed E-state index contributed by atoms with van der Waals surface area (Å²) in [5.41, 5.74) is 1.22. The second-order valence-corrected chi connectivity index (χ2v) is 6.88. The van der Waals surface area contributed by atoms with Gasteiger partial charge in [-0.2, -0.15) is 0 Å². The third kappa shape index (κ3) is 3.93. The number of rotatable bonds is 4. The van der Waals surface area contributed by atoms with Crippen LogP contribution in [0.3, 0.4) is 0 Å². The Labute approximate surface area is 161 Å². The fourth-order valence-corrected chi connectivity index (χ4v) is 3.31. The molecule has 0 unspecified atom stereocenters. The lowest BCUT2D eigenvalue weighted by Crippen LogP contribution is -2.41. The van der Waals surface area contributed by atoms with Gasteiger partial charge in [0.05, 0.1) is 18.4 Å². The molecule has 1 spiro atoms. The van der Waals surface area contributed by atoms with Gasteiger partial charge in [0.25, 0.3) is 5.91 Å². The summed E-state index contributed by atoms with van der Waals surface area (Å²) < 4.78 is 0. The van der Waals surface area contributed by atoms with Crippen molar-refractivity contribution in [2.45, 2.75) is 25.0 Å². The number of nitrogens with one attached hydrogen (secondary N) is 2. The number of carbonyl (C=O) groups is 2. The van der Waals surface area contributed by atoms with Crippen LogP contribution in [0.4, 0.5) is 10.5 Å². The van der Waals surface area contributed by atoms with E-state index in [0.717, 1.165) is 5.56 Å². The Morgan fingerprint density at radius 1 is 1.18 bits per heavy atom. The summed E-state index contributed by atoms with van der Waals surface area (Å²) in [5, 5.41) is 9.61. The number of anilines is 1. The highest BCUT2D eigenvalue weighted by Crippen LogP contribution is 2.34. The Balaban J connectivity index is 1.29. The van der Waals surface area contributed by atoms with Gasteiger partial charge < -0.3 is 20.4 Å². The van der Waals surface area contributed by atoms with Gasteiger partial charge in [-0.1, -0.05) is 11.2 Å². The Hall–Kier alpha value is -3.49. The van der Waals surface area contributed by atoms with Crippen LogP contribution in [0.25, 0.3) is 0 Å². The van der Waals surface area contributed by atoms with Crippen LogP contribution < -0.4 is 10.6 Å². The Bertz CT molecular complexity index is 889. The molecule has 0 saturated carbocycles. The minimum atomic E-state index is -0.632. The Morgan fingerprint density at radius 2 is 2.00 bits per heavy atom. The average Bonchev–Trinajstić information content (AvgIpc) is 3.35. The lowest BCUT2D eigenvalue weighted by atomic mass is 9.96. The maximum Gasteiger partial charge on any atom is 0.317 e. The van der Waals surface area contributed by atoms with E-state index >= 15 is 0 Å². The number of aromatic nitrogens is 2. The van der Waals surface area contributed by atoms with Gasteiger partial charge in [0.2, 0.25) is 0 Å². The highest BCUT2D eigenvalue weighted by Gasteiger charge is 2.47. The van der Waals surface area contributed by atoms with Crippen molar-refractivity contribution in [3.05, 3.63) is 54.6 Å². The predicted molar refractivity (Wildman–Crippen MR) is 101 cm³/mol. The fourth-order valence-electron chi connectivity index (χ4n) is 3.31. The molecule has 9 nitrogen and oxygen atoms in total. The van der Waals surface area contributed by atoms with E-state index in [1.807, 2.05) is 12.1 Å². The van der Waals surface area contributed by atoms with Crippen molar-refractivity contribution in [1.82, 2.24) is 20.2 Å². The molecule has 1 atom stereocenters. The fraction of sp³-hybridized carbons (Fsp3) is 0.316. The van der Waals surface area contributed by atoms with E-state index in [0.29, 0.717) is 43.9 Å². The molecular formula is C19H20N6O3. The molecule has 1 fully saturated rings. The van der Waals surface area contributed by atoms with E-state index < -0.39 is 5.60 Å². The number of amides is 3. The van der Waals surface area contributed by atoms with Crippen molar-refractivity contribution in [3.63, 3.8) is 0 Å². The number of likely N-dealkylation sites (tertiary alicyclic amines) is 1. The molecule has 3 amide bonds. The average molecular weight is 380 g/mol. The first-order chi connectivity index (χ1) is 13.6. The minimum absolute atomic E-state index is 0.169. The standard InChI is InChI=1S/C19H20N6O3/c26-17(23-15-4-2-7-21-12-15)16-9-19(28-24-16)5-8-25(13-19)18(27)22-11-14-3-1-6-20-10-14/h1-4,6-7,10,12H,5,8-9,11,13H2,(H,22,27)(H,23,26)/t19-/m0/s1. The summed E-state index contributed by atoms with van der Waals surface area (Å²) in [6.45, 7) is 1.34. The summed E-state index contributed by atoms with van der Waals surface area (Å²) in [7, 11) is 0. The maximum atomic E-state index is 12.4. The van der Waals surface area contributed by atoms with Crippen molar-refractivity contribution in [3.8, 4) is 0 Å². The third-order valence-electron chi connectivity index (χ3n) is 4.79. The van der Waals surface area contributed by atoms with Crippen LogP contribution in [0.15, 0.2) is 54.2 Å². The second kappa shape index (κ2) is 7.63. The zero-order chi connectivity index (χ0) is 19.4. The molecule has 4 heterocycles. The smallest absolute Gasteiger partial charge is 0.317 e. The summed E-state index contributed by atoms with van der Waals surface area (Å²) in [5.74, 6) is -0.315. The van der Waals surface area contributed by atoms with Crippen molar-refractivity contribution in [1.29, 1.82) is 0 Å². The monoisotopic (exact) mass is 380 g/mol. The molecular weight excluding hydrogens is 360 g/mol. The van der Waals surface area contributed by atoms with Gasteiger partial charge in [-0.15, -0.1) is 0 Å². The Kier molecular flexibility index (Phi) is 4.88. The molecule has 0 aliphatic carbocycles. The van der Waals surface area contributed by atoms with Gasteiger partial charge in [0, 0.05) is 44.5 Å². The van der Waals surface area contributed by atoms with E-state index in [1.165, 1.54) is 0 Å². The molecule has 2 aliphatic rings. The predicted octanol–water partition coefficient (Wildman–Crippen LogP) is 1.55. The normalized spacial score (nSPS) is 20.6. The van der Waals surface area contributed by atoms with Gasteiger partial charge in [0.15, 0.2) is 5.60 Å². The number of nitrogens with zero attached hydrogens (tertiary/aromatic N) is 4. The van der Waals surface area contributed by atoms with Gasteiger partial charge >= 0.3 is 6.03 Å². The van der Waals surface area contributed by atoms with Crippen molar-refractivity contribution in [2.75, 3.05) is 18.4 Å². The van der Waals surface area contributed by atoms with Crippen LogP contribution in [0.2, 0.25) is 0 Å². The highest BCUT2D eigenvalue weighted by atomic mass is 16.7. The number of carbonyl (C=O) groups excluding carboxylic acids is 2. The molecule has 1 saturated heterocycles. The Morgan fingerprint density at radius 3 is 2.75 bits per heavy atom. The van der Waals surface area contributed by atoms with Crippen molar-refractivity contribution in [2.24, 2.45) is 5.16 Å². The molecule has 0 aromatic carbocycles. The van der Waals surface area contributed by atoms with Crippen LogP contribution in [-0.2, 0) is 16.2 Å². The van der Waals surface area contributed by atoms with Gasteiger partial charge in [0.1, 0.15) is 5.71 Å². The van der Waals surface area contributed by atoms with Crippen LogP contribution in [0.1, 0.15) is 18.4 Å². The van der Waals surface area contributed by atoms with Gasteiger partial charge in [-0.05, 0) is 23.8 Å². The SMILES string of the molecule is O=C(Nc1cccnc1)C1=NO[C@@]2(CCN(C(=O)NCc3cccnc3)C2)C1. The number of pyridine rings is 2. The first kappa shape index (κ1) is 17.9. The maximum absolute atomic E-state index is 12.4. The minimum Gasteiger partial charge on any atom is -0.386 e. The summed E-state index contributed by atoms with van der Waals surface area (Å²) >= 11 is 0. The first-order valence-electron chi connectivity index (χ1n) is 9.02. The molecule has 2 aliphatic heterocycles. The molecule has 2 aromatic heterocycles. The largest absolute Gasteiger partial charge is 0.386 e. The lowest BCUT2D eigenvalue weighted by Gasteiger charge is -2.22. The zero-order valence-electron chi connectivity index (χ0n) is 15.2. The van der Waals surface area contributed by atoms with Gasteiger partial charge in [-0.3, -0.25) is 14.8 Å². The number of hydrogen-bond acceptors (Lipinski definition) is 6.